The number of anilines is 1. The first-order chi connectivity index (χ1) is 27.9. The zero-order valence-electron chi connectivity index (χ0n) is 31.6. The van der Waals surface area contributed by atoms with Gasteiger partial charge in [0, 0.05) is 37.0 Å². The number of carboxylic acids is 2. The van der Waals surface area contributed by atoms with E-state index in [1.807, 2.05) is 30.0 Å². The SMILES string of the molecule is CCCCC[C@H](NC(=O)CN1CC=C(c2cccc3c2CCN(C(=O)/C=C/c2c(-n4cnnn4)ccc(Cl)c2F)[C@@H]3C(=O)Nc2ccc(C(=O)O)cc2)CC1)C(=O)O. The molecule has 0 fully saturated rings. The Morgan fingerprint density at radius 3 is 2.48 bits per heavy atom. The van der Waals surface area contributed by atoms with Crippen LogP contribution in [0.25, 0.3) is 17.3 Å². The van der Waals surface area contributed by atoms with Crippen molar-refractivity contribution in [3.8, 4) is 5.69 Å². The number of carbonyl (C=O) groups is 5. The monoisotopic (exact) mass is 812 g/mol. The number of carbonyl (C=O) groups excluding carboxylic acids is 3. The number of halogens is 2. The molecular weight excluding hydrogens is 771 g/mol. The van der Waals surface area contributed by atoms with E-state index in [4.69, 9.17) is 11.6 Å². The van der Waals surface area contributed by atoms with Crippen LogP contribution in [0.3, 0.4) is 0 Å². The Morgan fingerprint density at radius 2 is 1.81 bits per heavy atom. The van der Waals surface area contributed by atoms with Crippen LogP contribution in [0, 0.1) is 5.82 Å². The molecular formula is C41H42ClFN8O7. The largest absolute Gasteiger partial charge is 0.480 e. The minimum Gasteiger partial charge on any atom is -0.480 e. The number of tetrazole rings is 1. The van der Waals surface area contributed by atoms with Crippen molar-refractivity contribution in [1.82, 2.24) is 35.3 Å². The lowest BCUT2D eigenvalue weighted by Gasteiger charge is -2.37. The Labute approximate surface area is 338 Å². The fourth-order valence-electron chi connectivity index (χ4n) is 7.23. The predicted octanol–water partition coefficient (Wildman–Crippen LogP) is 5.17. The summed E-state index contributed by atoms with van der Waals surface area (Å²) >= 11 is 6.10. The average molecular weight is 813 g/mol. The average Bonchev–Trinajstić information content (AvgIpc) is 3.76. The molecule has 15 nitrogen and oxygen atoms in total. The number of hydrogen-bond acceptors (Lipinski definition) is 9. The zero-order valence-corrected chi connectivity index (χ0v) is 32.4. The number of unbranched alkanes of at least 4 members (excludes halogenated alkanes) is 2. The van der Waals surface area contributed by atoms with Crippen molar-refractivity contribution < 1.29 is 38.6 Å². The lowest BCUT2D eigenvalue weighted by Crippen LogP contribution is -2.46. The smallest absolute Gasteiger partial charge is 0.335 e. The Hall–Kier alpha value is -6.26. The van der Waals surface area contributed by atoms with Crippen molar-refractivity contribution in [1.29, 1.82) is 0 Å². The highest BCUT2D eigenvalue weighted by Gasteiger charge is 2.37. The summed E-state index contributed by atoms with van der Waals surface area (Å²) in [6.07, 6.45) is 9.60. The Balaban J connectivity index is 1.26. The second-order valence-electron chi connectivity index (χ2n) is 14.0. The zero-order chi connectivity index (χ0) is 41.3. The van der Waals surface area contributed by atoms with E-state index in [1.54, 1.807) is 6.07 Å². The molecule has 0 unspecified atom stereocenters. The van der Waals surface area contributed by atoms with Gasteiger partial charge in [0.05, 0.1) is 22.8 Å². The normalized spacial score (nSPS) is 16.0. The van der Waals surface area contributed by atoms with Crippen LogP contribution in [0.4, 0.5) is 10.1 Å². The summed E-state index contributed by atoms with van der Waals surface area (Å²) in [6, 6.07) is 12.0. The molecule has 0 aliphatic carbocycles. The van der Waals surface area contributed by atoms with Crippen LogP contribution < -0.4 is 10.6 Å². The van der Waals surface area contributed by atoms with Crippen molar-refractivity contribution in [3.63, 3.8) is 0 Å². The first kappa shape index (κ1) is 41.4. The van der Waals surface area contributed by atoms with Crippen molar-refractivity contribution in [2.75, 3.05) is 31.5 Å². The maximum Gasteiger partial charge on any atom is 0.335 e. The van der Waals surface area contributed by atoms with Crippen LogP contribution in [0.15, 0.2) is 73.1 Å². The van der Waals surface area contributed by atoms with Crippen molar-refractivity contribution in [2.45, 2.75) is 57.5 Å². The number of aromatic nitrogens is 4. The van der Waals surface area contributed by atoms with E-state index in [9.17, 15) is 34.2 Å². The molecule has 0 saturated carbocycles. The number of fused-ring (bicyclic) bond motifs is 1. The van der Waals surface area contributed by atoms with E-state index in [0.29, 0.717) is 50.0 Å². The molecule has 2 aliphatic heterocycles. The van der Waals surface area contributed by atoms with Crippen LogP contribution in [0.1, 0.15) is 77.7 Å². The van der Waals surface area contributed by atoms with Gasteiger partial charge in [0.2, 0.25) is 11.8 Å². The molecule has 3 amide bonds. The molecule has 0 radical (unpaired) electrons. The summed E-state index contributed by atoms with van der Waals surface area (Å²) in [5, 5.41) is 35.3. The third kappa shape index (κ3) is 9.64. The minimum absolute atomic E-state index is 0.0358. The molecule has 4 N–H and O–H groups in total. The Kier molecular flexibility index (Phi) is 13.4. The molecule has 0 bridgehead atoms. The summed E-state index contributed by atoms with van der Waals surface area (Å²) < 4.78 is 16.6. The van der Waals surface area contributed by atoms with Gasteiger partial charge >= 0.3 is 11.9 Å². The van der Waals surface area contributed by atoms with Gasteiger partial charge in [-0.15, -0.1) is 5.10 Å². The van der Waals surface area contributed by atoms with Gasteiger partial charge < -0.3 is 25.7 Å². The number of nitrogens with one attached hydrogen (secondary N) is 2. The van der Waals surface area contributed by atoms with Gasteiger partial charge in [0.25, 0.3) is 5.91 Å². The molecule has 3 aromatic carbocycles. The Morgan fingerprint density at radius 1 is 1.02 bits per heavy atom. The van der Waals surface area contributed by atoms with E-state index in [2.05, 4.69) is 26.2 Å². The highest BCUT2D eigenvalue weighted by molar-refractivity contribution is 6.31. The van der Waals surface area contributed by atoms with Gasteiger partial charge in [-0.1, -0.05) is 62.1 Å². The van der Waals surface area contributed by atoms with E-state index in [0.717, 1.165) is 35.6 Å². The quantitative estimate of drug-likeness (QED) is 0.0912. The van der Waals surface area contributed by atoms with Crippen LogP contribution in [0.2, 0.25) is 5.02 Å². The number of aliphatic carboxylic acids is 1. The molecule has 0 saturated heterocycles. The van der Waals surface area contributed by atoms with E-state index >= 15 is 4.39 Å². The van der Waals surface area contributed by atoms with Crippen molar-refractivity contribution in [3.05, 3.63) is 112 Å². The highest BCUT2D eigenvalue weighted by Crippen LogP contribution is 2.37. The number of benzene rings is 3. The summed E-state index contributed by atoms with van der Waals surface area (Å²) in [4.78, 5) is 67.6. The van der Waals surface area contributed by atoms with Gasteiger partial charge in [-0.05, 0) is 94.4 Å². The summed E-state index contributed by atoms with van der Waals surface area (Å²) in [5.74, 6) is -4.45. The molecule has 302 valence electrons. The van der Waals surface area contributed by atoms with Crippen molar-refractivity contribution in [2.24, 2.45) is 0 Å². The maximum absolute atomic E-state index is 15.4. The molecule has 2 atom stereocenters. The minimum atomic E-state index is -1.13. The van der Waals surface area contributed by atoms with Gasteiger partial charge in [-0.25, -0.2) is 14.0 Å². The van der Waals surface area contributed by atoms with E-state index in [-0.39, 0.29) is 40.8 Å². The lowest BCUT2D eigenvalue weighted by atomic mass is 9.84. The van der Waals surface area contributed by atoms with Crippen LogP contribution in [-0.4, -0.2) is 102 Å². The Bertz CT molecular complexity index is 2250. The highest BCUT2D eigenvalue weighted by atomic mass is 35.5. The van der Waals surface area contributed by atoms with Gasteiger partial charge in [-0.2, -0.15) is 4.68 Å². The number of hydrogen-bond donors (Lipinski definition) is 4. The number of rotatable bonds is 15. The number of amides is 3. The van der Waals surface area contributed by atoms with E-state index < -0.39 is 41.7 Å². The summed E-state index contributed by atoms with van der Waals surface area (Å²) in [6.45, 7) is 3.18. The van der Waals surface area contributed by atoms with Gasteiger partial charge in [-0.3, -0.25) is 19.3 Å². The second kappa shape index (κ2) is 18.8. The first-order valence-corrected chi connectivity index (χ1v) is 19.2. The van der Waals surface area contributed by atoms with Crippen molar-refractivity contribution >= 4 is 58.6 Å². The first-order valence-electron chi connectivity index (χ1n) is 18.8. The molecule has 6 rings (SSSR count). The van der Waals surface area contributed by atoms with E-state index in [1.165, 1.54) is 58.4 Å². The lowest BCUT2D eigenvalue weighted by molar-refractivity contribution is -0.142. The third-order valence-corrected chi connectivity index (χ3v) is 10.5. The predicted molar refractivity (Wildman–Crippen MR) is 213 cm³/mol. The molecule has 2 aliphatic rings. The fraction of sp³-hybridized carbons (Fsp3) is 0.317. The fourth-order valence-corrected chi connectivity index (χ4v) is 7.40. The number of aromatic carboxylic acids is 1. The van der Waals surface area contributed by atoms with Crippen LogP contribution in [-0.2, 0) is 25.6 Å². The topological polar surface area (TPSA) is 200 Å². The molecule has 58 heavy (non-hydrogen) atoms. The van der Waals surface area contributed by atoms with Gasteiger partial charge in [0.15, 0.2) is 5.82 Å². The standard InChI is InChI=1S/C41H42ClFN8O7/c1-2-3-4-8-33(41(57)58)46-35(52)23-49-20-17-25(18-21-49)28-6-5-7-30-29(28)19-22-50(38(30)39(54)45-27-11-9-26(10-12-27)40(55)56)36(53)16-13-31-34(51-24-44-47-48-51)15-14-32(42)37(31)43/h5-7,9-17,24,33,38H,2-4,8,18-23H2,1H3,(H,45,54)(H,46,52)(H,55,56)(H,57,58)/b16-13+/t33-,38-/m0/s1. The summed E-state index contributed by atoms with van der Waals surface area (Å²) in [7, 11) is 0. The molecule has 1 aromatic heterocycles. The van der Waals surface area contributed by atoms with Crippen LogP contribution in [0.5, 0.6) is 0 Å². The molecule has 0 spiro atoms. The van der Waals surface area contributed by atoms with Gasteiger partial charge in [0.1, 0.15) is 18.4 Å². The number of nitrogens with zero attached hydrogens (tertiary/aromatic N) is 6. The second-order valence-corrected chi connectivity index (χ2v) is 14.4. The number of carboxylic acid groups (broad SMARTS) is 2. The maximum atomic E-state index is 15.4. The third-order valence-electron chi connectivity index (χ3n) is 10.2. The molecule has 4 aromatic rings. The summed E-state index contributed by atoms with van der Waals surface area (Å²) in [5.41, 5.74) is 3.91. The molecule has 17 heteroatoms. The van der Waals surface area contributed by atoms with Crippen LogP contribution >= 0.6 is 11.6 Å². The molecule has 3 heterocycles.